The fourth-order valence-electron chi connectivity index (χ4n) is 3.53. The van der Waals surface area contributed by atoms with Gasteiger partial charge >= 0.3 is 0 Å². The number of hydrogen-bond donors (Lipinski definition) is 1. The van der Waals surface area contributed by atoms with Gasteiger partial charge in [0.05, 0.1) is 18.3 Å². The first-order valence-electron chi connectivity index (χ1n) is 8.49. The van der Waals surface area contributed by atoms with E-state index in [2.05, 4.69) is 9.88 Å². The number of aliphatic hydroxyl groups is 1. The number of ether oxygens (including phenoxy) is 1. The van der Waals surface area contributed by atoms with Crippen molar-refractivity contribution in [1.29, 1.82) is 0 Å². The maximum Gasteiger partial charge on any atom is 0.255 e. The average molecular weight is 319 g/mol. The molecule has 1 saturated carbocycles. The van der Waals surface area contributed by atoms with E-state index in [1.54, 1.807) is 18.3 Å². The molecule has 2 fully saturated rings. The lowest BCUT2D eigenvalue weighted by atomic mass is 10.1. The van der Waals surface area contributed by atoms with Gasteiger partial charge in [0.1, 0.15) is 0 Å². The fraction of sp³-hybridized carbons (Fsp3) is 0.647. The first kappa shape index (κ1) is 16.2. The molecule has 3 rings (SSSR count). The summed E-state index contributed by atoms with van der Waals surface area (Å²) in [5, 5.41) is 10.0. The fourth-order valence-corrected chi connectivity index (χ4v) is 3.53. The Morgan fingerprint density at radius 2 is 2.09 bits per heavy atom. The molecular weight excluding hydrogens is 294 g/mol. The van der Waals surface area contributed by atoms with E-state index < -0.39 is 0 Å². The number of amides is 1. The van der Waals surface area contributed by atoms with Crippen molar-refractivity contribution in [3.8, 4) is 5.88 Å². The van der Waals surface area contributed by atoms with Gasteiger partial charge in [-0.3, -0.25) is 9.69 Å². The molecule has 1 saturated heterocycles. The zero-order valence-corrected chi connectivity index (χ0v) is 13.6. The highest BCUT2D eigenvalue weighted by atomic mass is 16.5. The van der Waals surface area contributed by atoms with E-state index in [-0.39, 0.29) is 18.1 Å². The van der Waals surface area contributed by atoms with Crippen molar-refractivity contribution in [3.63, 3.8) is 0 Å². The van der Waals surface area contributed by atoms with Gasteiger partial charge in [-0.05, 0) is 32.3 Å². The van der Waals surface area contributed by atoms with Gasteiger partial charge < -0.3 is 14.7 Å². The van der Waals surface area contributed by atoms with Crippen molar-refractivity contribution in [1.82, 2.24) is 14.8 Å². The van der Waals surface area contributed by atoms with E-state index in [4.69, 9.17) is 4.74 Å². The third-order valence-electron chi connectivity index (χ3n) is 4.79. The van der Waals surface area contributed by atoms with E-state index in [0.717, 1.165) is 32.4 Å². The van der Waals surface area contributed by atoms with Gasteiger partial charge in [0, 0.05) is 44.5 Å². The quantitative estimate of drug-likeness (QED) is 0.902. The molecule has 1 N–H and O–H groups in total. The smallest absolute Gasteiger partial charge is 0.255 e. The molecule has 0 bridgehead atoms. The standard InChI is InChI=1S/C17H25N3O3/c1-2-23-16-7-6-13(12-18-16)17(22)20-10-8-19(9-11-20)14-4-3-5-15(14)21/h6-7,12,14-15,21H,2-5,8-11H2,1H3/t14-,15-/m1/s1. The molecule has 2 aliphatic rings. The Bertz CT molecular complexity index is 526. The van der Waals surface area contributed by atoms with Crippen LogP contribution in [0, 0.1) is 0 Å². The maximum absolute atomic E-state index is 12.5. The first-order valence-corrected chi connectivity index (χ1v) is 8.49. The molecule has 2 heterocycles. The van der Waals surface area contributed by atoms with Crippen LogP contribution >= 0.6 is 0 Å². The highest BCUT2D eigenvalue weighted by molar-refractivity contribution is 5.94. The number of pyridine rings is 1. The van der Waals surface area contributed by atoms with Gasteiger partial charge in [0.15, 0.2) is 0 Å². The zero-order valence-electron chi connectivity index (χ0n) is 13.6. The lowest BCUT2D eigenvalue weighted by Gasteiger charge is -2.39. The van der Waals surface area contributed by atoms with Gasteiger partial charge in [-0.15, -0.1) is 0 Å². The lowest BCUT2D eigenvalue weighted by molar-refractivity contribution is 0.0315. The number of piperazine rings is 1. The second kappa shape index (κ2) is 7.27. The number of carbonyl (C=O) groups excluding carboxylic acids is 1. The summed E-state index contributed by atoms with van der Waals surface area (Å²) in [6.45, 7) is 5.54. The minimum atomic E-state index is -0.201. The van der Waals surface area contributed by atoms with Crippen LogP contribution in [0.5, 0.6) is 5.88 Å². The molecule has 1 aliphatic heterocycles. The molecule has 1 amide bonds. The second-order valence-electron chi connectivity index (χ2n) is 6.21. The molecule has 23 heavy (non-hydrogen) atoms. The molecule has 6 heteroatoms. The summed E-state index contributed by atoms with van der Waals surface area (Å²) in [7, 11) is 0. The molecule has 0 unspecified atom stereocenters. The molecule has 1 aromatic rings. The van der Waals surface area contributed by atoms with Gasteiger partial charge in [-0.1, -0.05) is 0 Å². The van der Waals surface area contributed by atoms with Crippen LogP contribution < -0.4 is 4.74 Å². The molecule has 1 aliphatic carbocycles. The highest BCUT2D eigenvalue weighted by Crippen LogP contribution is 2.25. The van der Waals surface area contributed by atoms with Crippen molar-refractivity contribution >= 4 is 5.91 Å². The maximum atomic E-state index is 12.5. The zero-order chi connectivity index (χ0) is 16.2. The number of nitrogens with zero attached hydrogens (tertiary/aromatic N) is 3. The topological polar surface area (TPSA) is 65.9 Å². The van der Waals surface area contributed by atoms with Crippen LogP contribution in [-0.4, -0.2) is 70.7 Å². The Morgan fingerprint density at radius 3 is 2.65 bits per heavy atom. The number of carbonyl (C=O) groups is 1. The van der Waals surface area contributed by atoms with Crippen molar-refractivity contribution in [2.24, 2.45) is 0 Å². The summed E-state index contributed by atoms with van der Waals surface area (Å²) >= 11 is 0. The SMILES string of the molecule is CCOc1ccc(C(=O)N2CCN([C@@H]3CCC[C@H]3O)CC2)cn1. The third-order valence-corrected chi connectivity index (χ3v) is 4.79. The minimum Gasteiger partial charge on any atom is -0.478 e. The Balaban J connectivity index is 1.55. The van der Waals surface area contributed by atoms with E-state index in [1.807, 2.05) is 11.8 Å². The molecule has 2 atom stereocenters. The van der Waals surface area contributed by atoms with E-state index in [1.165, 1.54) is 0 Å². The number of rotatable bonds is 4. The Morgan fingerprint density at radius 1 is 1.30 bits per heavy atom. The lowest BCUT2D eigenvalue weighted by Crippen LogP contribution is -2.53. The van der Waals surface area contributed by atoms with Crippen molar-refractivity contribution in [2.75, 3.05) is 32.8 Å². The summed E-state index contributed by atoms with van der Waals surface area (Å²) in [5.41, 5.74) is 0.600. The van der Waals surface area contributed by atoms with Crippen LogP contribution in [0.4, 0.5) is 0 Å². The first-order chi connectivity index (χ1) is 11.2. The molecule has 0 radical (unpaired) electrons. The van der Waals surface area contributed by atoms with E-state index in [0.29, 0.717) is 31.1 Å². The molecule has 0 spiro atoms. The molecular formula is C17H25N3O3. The van der Waals surface area contributed by atoms with Gasteiger partial charge in [0.25, 0.3) is 5.91 Å². The highest BCUT2D eigenvalue weighted by Gasteiger charge is 2.33. The summed E-state index contributed by atoms with van der Waals surface area (Å²) in [4.78, 5) is 20.9. The van der Waals surface area contributed by atoms with E-state index >= 15 is 0 Å². The summed E-state index contributed by atoms with van der Waals surface area (Å²) < 4.78 is 5.30. The number of aromatic nitrogens is 1. The molecule has 1 aromatic heterocycles. The molecule has 126 valence electrons. The van der Waals surface area contributed by atoms with E-state index in [9.17, 15) is 9.90 Å². The summed E-state index contributed by atoms with van der Waals surface area (Å²) in [6, 6.07) is 3.79. The summed E-state index contributed by atoms with van der Waals surface area (Å²) in [6.07, 6.45) is 4.45. The molecule has 6 nitrogen and oxygen atoms in total. The Kier molecular flexibility index (Phi) is 5.13. The van der Waals surface area contributed by atoms with Crippen LogP contribution in [0.3, 0.4) is 0 Å². The van der Waals surface area contributed by atoms with Gasteiger partial charge in [-0.2, -0.15) is 0 Å². The predicted octanol–water partition coefficient (Wildman–Crippen LogP) is 1.15. The van der Waals surface area contributed by atoms with Crippen LogP contribution in [-0.2, 0) is 0 Å². The van der Waals surface area contributed by atoms with Crippen LogP contribution in [0.25, 0.3) is 0 Å². The van der Waals surface area contributed by atoms with Crippen molar-refractivity contribution < 1.29 is 14.6 Å². The summed E-state index contributed by atoms with van der Waals surface area (Å²) in [5.74, 6) is 0.566. The monoisotopic (exact) mass is 319 g/mol. The average Bonchev–Trinajstić information content (AvgIpc) is 3.01. The van der Waals surface area contributed by atoms with Crippen molar-refractivity contribution in [3.05, 3.63) is 23.9 Å². The second-order valence-corrected chi connectivity index (χ2v) is 6.21. The minimum absolute atomic E-state index is 0.0205. The number of aliphatic hydroxyl groups excluding tert-OH is 1. The van der Waals surface area contributed by atoms with Gasteiger partial charge in [0.2, 0.25) is 5.88 Å². The number of hydrogen-bond acceptors (Lipinski definition) is 5. The van der Waals surface area contributed by atoms with Crippen LogP contribution in [0.2, 0.25) is 0 Å². The van der Waals surface area contributed by atoms with Crippen LogP contribution in [0.1, 0.15) is 36.5 Å². The largest absolute Gasteiger partial charge is 0.478 e. The van der Waals surface area contributed by atoms with Crippen molar-refractivity contribution in [2.45, 2.75) is 38.3 Å². The van der Waals surface area contributed by atoms with Crippen LogP contribution in [0.15, 0.2) is 18.3 Å². The Hall–Kier alpha value is -1.66. The van der Waals surface area contributed by atoms with Gasteiger partial charge in [-0.25, -0.2) is 4.98 Å². The third kappa shape index (κ3) is 3.64. The normalized spacial score (nSPS) is 25.6. The Labute approximate surface area is 137 Å². The molecule has 0 aromatic carbocycles. The predicted molar refractivity (Wildman–Crippen MR) is 86.5 cm³/mol.